The van der Waals surface area contributed by atoms with E-state index in [1.54, 1.807) is 30.5 Å². The molecule has 4 unspecified atom stereocenters. The van der Waals surface area contributed by atoms with Gasteiger partial charge in [-0.05, 0) is 18.4 Å². The maximum Gasteiger partial charge on any atom is 0.327 e. The number of H-pyrrole nitrogens is 1. The van der Waals surface area contributed by atoms with Crippen LogP contribution in [0.2, 0.25) is 0 Å². The molecular weight excluding hydrogens is 526 g/mol. The molecule has 0 aliphatic heterocycles. The highest BCUT2D eigenvalue weighted by molar-refractivity contribution is 7.80. The molecule has 0 saturated carbocycles. The van der Waals surface area contributed by atoms with Crippen LogP contribution in [-0.4, -0.2) is 81.2 Å². The summed E-state index contributed by atoms with van der Waals surface area (Å²) >= 11 is 3.96. The number of carboxylic acids is 1. The third-order valence-corrected chi connectivity index (χ3v) is 5.99. The Balaban J connectivity index is 2.20. The van der Waals surface area contributed by atoms with Crippen LogP contribution >= 0.6 is 12.6 Å². The number of thiol groups is 1. The number of hydrogen-bond acceptors (Lipinski definition) is 8. The average molecular weight is 562 g/mol. The molecule has 0 aliphatic carbocycles. The summed E-state index contributed by atoms with van der Waals surface area (Å²) in [5.74, 6) is -3.51. The fourth-order valence-electron chi connectivity index (χ4n) is 3.57. The summed E-state index contributed by atoms with van der Waals surface area (Å²) in [6.45, 7) is 0.184. The van der Waals surface area contributed by atoms with Crippen molar-refractivity contribution in [3.8, 4) is 0 Å². The highest BCUT2D eigenvalue weighted by Gasteiger charge is 2.30. The van der Waals surface area contributed by atoms with Gasteiger partial charge in [-0.1, -0.05) is 30.3 Å². The van der Waals surface area contributed by atoms with E-state index in [4.69, 9.17) is 17.2 Å². The van der Waals surface area contributed by atoms with Crippen LogP contribution in [0.3, 0.4) is 0 Å². The van der Waals surface area contributed by atoms with E-state index >= 15 is 0 Å². The van der Waals surface area contributed by atoms with Crippen LogP contribution in [0.1, 0.15) is 24.1 Å². The van der Waals surface area contributed by atoms with Crippen molar-refractivity contribution in [1.82, 2.24) is 25.9 Å². The van der Waals surface area contributed by atoms with Crippen LogP contribution in [-0.2, 0) is 32.0 Å². The number of rotatable bonds is 16. The van der Waals surface area contributed by atoms with Gasteiger partial charge in [0.15, 0.2) is 5.96 Å². The van der Waals surface area contributed by atoms with Crippen molar-refractivity contribution in [3.05, 3.63) is 54.1 Å². The molecule has 1 heterocycles. The van der Waals surface area contributed by atoms with E-state index < -0.39 is 47.9 Å². The molecule has 0 saturated heterocycles. The normalized spacial score (nSPS) is 13.8. The lowest BCUT2D eigenvalue weighted by molar-refractivity contribution is -0.141. The number of aliphatic carboxylic acids is 1. The molecule has 212 valence electrons. The highest BCUT2D eigenvalue weighted by Crippen LogP contribution is 2.07. The number of carbonyl (C=O) groups is 4. The zero-order valence-electron chi connectivity index (χ0n) is 21.2. The smallest absolute Gasteiger partial charge is 0.327 e. The summed E-state index contributed by atoms with van der Waals surface area (Å²) in [6, 6.07) is 4.53. The van der Waals surface area contributed by atoms with Crippen LogP contribution in [0.5, 0.6) is 0 Å². The number of imidazole rings is 1. The van der Waals surface area contributed by atoms with E-state index in [0.29, 0.717) is 12.1 Å². The Morgan fingerprint density at radius 3 is 2.21 bits per heavy atom. The van der Waals surface area contributed by atoms with E-state index in [-0.39, 0.29) is 37.5 Å². The number of amides is 3. The zero-order valence-corrected chi connectivity index (χ0v) is 22.1. The number of carbonyl (C=O) groups excluding carboxylic acids is 3. The predicted octanol–water partition coefficient (Wildman–Crippen LogP) is -1.96. The second-order valence-corrected chi connectivity index (χ2v) is 9.10. The third-order valence-electron chi connectivity index (χ3n) is 5.62. The fraction of sp³-hybridized carbons (Fsp3) is 0.417. The van der Waals surface area contributed by atoms with Crippen LogP contribution in [0, 0.1) is 0 Å². The number of aliphatic imine (C=N–C) groups is 1. The number of guanidine groups is 1. The zero-order chi connectivity index (χ0) is 28.8. The molecule has 0 radical (unpaired) electrons. The number of hydrogen-bond donors (Lipinski definition) is 9. The van der Waals surface area contributed by atoms with E-state index in [9.17, 15) is 24.3 Å². The predicted molar refractivity (Wildman–Crippen MR) is 148 cm³/mol. The number of benzene rings is 1. The van der Waals surface area contributed by atoms with Crippen LogP contribution in [0.4, 0.5) is 0 Å². The van der Waals surface area contributed by atoms with Gasteiger partial charge in [0, 0.05) is 37.0 Å². The lowest BCUT2D eigenvalue weighted by atomic mass is 10.0. The van der Waals surface area contributed by atoms with Crippen LogP contribution in [0.25, 0.3) is 0 Å². The van der Waals surface area contributed by atoms with Crippen molar-refractivity contribution < 1.29 is 24.3 Å². The van der Waals surface area contributed by atoms with Crippen LogP contribution in [0.15, 0.2) is 47.8 Å². The fourth-order valence-corrected chi connectivity index (χ4v) is 3.81. The van der Waals surface area contributed by atoms with Gasteiger partial charge in [-0.2, -0.15) is 12.6 Å². The van der Waals surface area contributed by atoms with Crippen molar-refractivity contribution >= 4 is 42.3 Å². The number of carboxylic acid groups (broad SMARTS) is 1. The quantitative estimate of drug-likeness (QED) is 0.0477. The standard InChI is InChI=1S/C24H35N9O5S/c25-16(10-15-11-28-13-30-15)20(34)32-18(9-14-5-2-1-3-6-14)22(36)31-17(7-4-8-29-24(26)27)21(35)33-19(12-39)23(37)38/h1-3,5-6,11,13,16-19,39H,4,7-10,12,25H2,(H,28,30)(H,31,36)(H,32,34)(H,33,35)(H,37,38)(H4,26,27,29). The number of nitrogens with one attached hydrogen (secondary N) is 4. The lowest BCUT2D eigenvalue weighted by Gasteiger charge is -2.25. The number of nitrogens with two attached hydrogens (primary N) is 3. The Hall–Kier alpha value is -4.11. The topological polar surface area (TPSA) is 244 Å². The van der Waals surface area contributed by atoms with E-state index in [2.05, 4.69) is 43.5 Å². The molecule has 0 bridgehead atoms. The lowest BCUT2D eigenvalue weighted by Crippen LogP contribution is -2.58. The molecule has 2 rings (SSSR count). The van der Waals surface area contributed by atoms with Gasteiger partial charge in [0.05, 0.1) is 12.4 Å². The van der Waals surface area contributed by atoms with Gasteiger partial charge in [-0.3, -0.25) is 19.4 Å². The maximum atomic E-state index is 13.4. The Morgan fingerprint density at radius 1 is 0.974 bits per heavy atom. The highest BCUT2D eigenvalue weighted by atomic mass is 32.1. The molecule has 1 aromatic carbocycles. The first-order valence-electron chi connectivity index (χ1n) is 12.2. The second kappa shape index (κ2) is 16.0. The molecule has 15 heteroatoms. The largest absolute Gasteiger partial charge is 0.480 e. The summed E-state index contributed by atoms with van der Waals surface area (Å²) < 4.78 is 0. The SMILES string of the molecule is NC(N)=NCCCC(NC(=O)C(Cc1ccccc1)NC(=O)C(N)Cc1cnc[nH]1)C(=O)NC(CS)C(=O)O. The molecule has 0 fully saturated rings. The summed E-state index contributed by atoms with van der Waals surface area (Å²) in [6.07, 6.45) is 3.69. The van der Waals surface area contributed by atoms with Crippen molar-refractivity contribution in [1.29, 1.82) is 0 Å². The van der Waals surface area contributed by atoms with Gasteiger partial charge in [-0.25, -0.2) is 9.78 Å². The minimum atomic E-state index is -1.27. The van der Waals surface area contributed by atoms with Gasteiger partial charge >= 0.3 is 5.97 Å². The molecule has 3 amide bonds. The Morgan fingerprint density at radius 2 is 1.62 bits per heavy atom. The van der Waals surface area contributed by atoms with E-state index in [1.165, 1.54) is 6.33 Å². The molecule has 0 spiro atoms. The number of aromatic nitrogens is 2. The molecule has 1 aromatic heterocycles. The minimum absolute atomic E-state index is 0.0958. The monoisotopic (exact) mass is 561 g/mol. The Labute approximate surface area is 231 Å². The first-order valence-corrected chi connectivity index (χ1v) is 12.8. The summed E-state index contributed by atoms with van der Waals surface area (Å²) in [4.78, 5) is 61.3. The van der Waals surface area contributed by atoms with Crippen molar-refractivity contribution in [3.63, 3.8) is 0 Å². The van der Waals surface area contributed by atoms with Gasteiger partial charge in [0.25, 0.3) is 0 Å². The van der Waals surface area contributed by atoms with Crippen molar-refractivity contribution in [2.75, 3.05) is 12.3 Å². The Kier molecular flexibility index (Phi) is 12.8. The van der Waals surface area contributed by atoms with E-state index in [1.807, 2.05) is 6.07 Å². The third kappa shape index (κ3) is 11.0. The number of nitrogens with zero attached hydrogens (tertiary/aromatic N) is 2. The van der Waals surface area contributed by atoms with Gasteiger partial charge in [0.1, 0.15) is 18.1 Å². The van der Waals surface area contributed by atoms with E-state index in [0.717, 1.165) is 5.56 Å². The Bertz CT molecular complexity index is 1110. The van der Waals surface area contributed by atoms with Gasteiger partial charge in [0.2, 0.25) is 17.7 Å². The van der Waals surface area contributed by atoms with Crippen molar-refractivity contribution in [2.24, 2.45) is 22.2 Å². The average Bonchev–Trinajstić information content (AvgIpc) is 3.41. The summed E-state index contributed by atoms with van der Waals surface area (Å²) in [5, 5.41) is 17.0. The molecule has 11 N–H and O–H groups in total. The molecular formula is C24H35N9O5S. The molecule has 14 nitrogen and oxygen atoms in total. The molecule has 4 atom stereocenters. The maximum absolute atomic E-state index is 13.4. The molecule has 0 aliphatic rings. The number of aromatic amines is 1. The van der Waals surface area contributed by atoms with Gasteiger partial charge in [-0.15, -0.1) is 0 Å². The first-order chi connectivity index (χ1) is 18.6. The second-order valence-electron chi connectivity index (χ2n) is 8.73. The van der Waals surface area contributed by atoms with Crippen molar-refractivity contribution in [2.45, 2.75) is 49.9 Å². The first kappa shape index (κ1) is 31.1. The van der Waals surface area contributed by atoms with Gasteiger partial charge < -0.3 is 43.2 Å². The summed E-state index contributed by atoms with van der Waals surface area (Å²) in [5.41, 5.74) is 18.1. The molecule has 39 heavy (non-hydrogen) atoms. The molecule has 2 aromatic rings. The minimum Gasteiger partial charge on any atom is -0.480 e. The summed E-state index contributed by atoms with van der Waals surface area (Å²) in [7, 11) is 0. The van der Waals surface area contributed by atoms with Crippen LogP contribution < -0.4 is 33.2 Å².